The smallest absolute Gasteiger partial charge is 0.264 e. The second-order valence-electron chi connectivity index (χ2n) is 6.72. The second-order valence-corrected chi connectivity index (χ2v) is 8.69. The Morgan fingerprint density at radius 1 is 0.844 bits per heavy atom. The quantitative estimate of drug-likeness (QED) is 0.554. The molecule has 0 spiro atoms. The predicted molar refractivity (Wildman–Crippen MR) is 123 cm³/mol. The number of anilines is 2. The summed E-state index contributed by atoms with van der Waals surface area (Å²) < 4.78 is 42.9. The van der Waals surface area contributed by atoms with Crippen molar-refractivity contribution < 1.29 is 27.4 Å². The van der Waals surface area contributed by atoms with Gasteiger partial charge >= 0.3 is 0 Å². The molecule has 8 nitrogen and oxygen atoms in total. The van der Waals surface area contributed by atoms with Crippen molar-refractivity contribution in [1.82, 2.24) is 0 Å². The Balaban J connectivity index is 1.84. The number of hydrogen-bond acceptors (Lipinski definition) is 6. The van der Waals surface area contributed by atoms with Crippen molar-refractivity contribution in [1.29, 1.82) is 0 Å². The molecule has 0 radical (unpaired) electrons. The monoisotopic (exact) mass is 456 g/mol. The van der Waals surface area contributed by atoms with Gasteiger partial charge in [0.25, 0.3) is 15.9 Å². The third-order valence-corrected chi connectivity index (χ3v) is 6.61. The predicted octanol–water partition coefficient (Wildman–Crippen LogP) is 3.79. The van der Waals surface area contributed by atoms with Crippen LogP contribution in [0, 0.1) is 0 Å². The van der Waals surface area contributed by atoms with Crippen LogP contribution in [-0.4, -0.2) is 42.7 Å². The van der Waals surface area contributed by atoms with Gasteiger partial charge in [-0.2, -0.15) is 0 Å². The van der Waals surface area contributed by atoms with E-state index in [2.05, 4.69) is 5.32 Å². The lowest BCUT2D eigenvalue weighted by molar-refractivity contribution is 0.102. The molecule has 32 heavy (non-hydrogen) atoms. The van der Waals surface area contributed by atoms with Crippen LogP contribution in [0.15, 0.2) is 71.6 Å². The topological polar surface area (TPSA) is 94.2 Å². The lowest BCUT2D eigenvalue weighted by Gasteiger charge is -2.20. The van der Waals surface area contributed by atoms with E-state index < -0.39 is 15.9 Å². The zero-order valence-corrected chi connectivity index (χ0v) is 19.0. The molecule has 9 heteroatoms. The largest absolute Gasteiger partial charge is 0.497 e. The first-order chi connectivity index (χ1) is 15.3. The van der Waals surface area contributed by atoms with Crippen LogP contribution in [0.1, 0.15) is 10.4 Å². The Kier molecular flexibility index (Phi) is 6.89. The molecule has 0 aromatic heterocycles. The van der Waals surface area contributed by atoms with E-state index >= 15 is 0 Å². The number of ether oxygens (including phenoxy) is 3. The molecule has 3 aromatic rings. The van der Waals surface area contributed by atoms with E-state index in [1.165, 1.54) is 46.6 Å². The van der Waals surface area contributed by atoms with Crippen LogP contribution >= 0.6 is 0 Å². The molecule has 0 fully saturated rings. The van der Waals surface area contributed by atoms with Gasteiger partial charge in [0.1, 0.15) is 5.75 Å². The maximum absolute atomic E-state index is 13.1. The van der Waals surface area contributed by atoms with Gasteiger partial charge in [-0.15, -0.1) is 0 Å². The fourth-order valence-electron chi connectivity index (χ4n) is 3.00. The Hall–Kier alpha value is -3.72. The normalized spacial score (nSPS) is 10.9. The van der Waals surface area contributed by atoms with Gasteiger partial charge in [-0.1, -0.05) is 6.07 Å². The highest BCUT2D eigenvalue weighted by atomic mass is 32.2. The zero-order chi connectivity index (χ0) is 23.3. The average molecular weight is 457 g/mol. The lowest BCUT2D eigenvalue weighted by atomic mass is 10.2. The first-order valence-corrected chi connectivity index (χ1v) is 11.0. The van der Waals surface area contributed by atoms with E-state index in [0.29, 0.717) is 28.6 Å². The maximum Gasteiger partial charge on any atom is 0.264 e. The van der Waals surface area contributed by atoms with Crippen molar-refractivity contribution in [2.75, 3.05) is 38.0 Å². The number of carbonyl (C=O) groups is 1. The van der Waals surface area contributed by atoms with Crippen molar-refractivity contribution in [3.8, 4) is 17.2 Å². The Morgan fingerprint density at radius 3 is 2.16 bits per heavy atom. The molecule has 0 saturated carbocycles. The van der Waals surface area contributed by atoms with Crippen molar-refractivity contribution in [2.24, 2.45) is 0 Å². The highest BCUT2D eigenvalue weighted by molar-refractivity contribution is 7.92. The minimum Gasteiger partial charge on any atom is -0.497 e. The number of benzene rings is 3. The highest BCUT2D eigenvalue weighted by Crippen LogP contribution is 2.30. The van der Waals surface area contributed by atoms with Crippen LogP contribution in [0.2, 0.25) is 0 Å². The third kappa shape index (κ3) is 4.78. The van der Waals surface area contributed by atoms with Crippen LogP contribution in [-0.2, 0) is 10.0 Å². The van der Waals surface area contributed by atoms with Crippen LogP contribution in [0.4, 0.5) is 11.4 Å². The van der Waals surface area contributed by atoms with Crippen molar-refractivity contribution in [2.45, 2.75) is 4.90 Å². The molecule has 0 aliphatic heterocycles. The van der Waals surface area contributed by atoms with Gasteiger partial charge in [-0.25, -0.2) is 8.42 Å². The van der Waals surface area contributed by atoms with Crippen LogP contribution in [0.25, 0.3) is 0 Å². The van der Waals surface area contributed by atoms with Gasteiger partial charge < -0.3 is 19.5 Å². The van der Waals surface area contributed by atoms with E-state index in [4.69, 9.17) is 14.2 Å². The van der Waals surface area contributed by atoms with E-state index in [9.17, 15) is 13.2 Å². The van der Waals surface area contributed by atoms with Crippen LogP contribution in [0.5, 0.6) is 17.2 Å². The molecule has 3 aromatic carbocycles. The molecule has 168 valence electrons. The third-order valence-electron chi connectivity index (χ3n) is 4.83. The number of sulfonamides is 1. The number of nitrogens with one attached hydrogen (secondary N) is 1. The molecule has 0 unspecified atom stereocenters. The number of amides is 1. The summed E-state index contributed by atoms with van der Waals surface area (Å²) in [6.07, 6.45) is 0. The molecule has 0 atom stereocenters. The number of nitrogens with zero attached hydrogens (tertiary/aromatic N) is 1. The summed E-state index contributed by atoms with van der Waals surface area (Å²) in [5.74, 6) is 1.15. The lowest BCUT2D eigenvalue weighted by Crippen LogP contribution is -2.26. The number of carbonyl (C=O) groups excluding carboxylic acids is 1. The molecule has 3 rings (SSSR count). The molecule has 0 aliphatic rings. The summed E-state index contributed by atoms with van der Waals surface area (Å²) in [6, 6.07) is 17.4. The minimum absolute atomic E-state index is 0.00391. The summed E-state index contributed by atoms with van der Waals surface area (Å²) in [5, 5.41) is 2.74. The number of hydrogen-bond donors (Lipinski definition) is 1. The van der Waals surface area contributed by atoms with Crippen LogP contribution in [0.3, 0.4) is 0 Å². The Labute approximate surface area is 187 Å². The van der Waals surface area contributed by atoms with Gasteiger partial charge in [0, 0.05) is 24.4 Å². The van der Waals surface area contributed by atoms with Gasteiger partial charge in [-0.05, 0) is 54.6 Å². The van der Waals surface area contributed by atoms with E-state index in [1.54, 1.807) is 48.5 Å². The van der Waals surface area contributed by atoms with Crippen LogP contribution < -0.4 is 23.8 Å². The molecule has 0 heterocycles. The van der Waals surface area contributed by atoms with Gasteiger partial charge in [0.15, 0.2) is 11.5 Å². The van der Waals surface area contributed by atoms with Crippen molar-refractivity contribution in [3.63, 3.8) is 0 Å². The molecular formula is C23H24N2O6S. The summed E-state index contributed by atoms with van der Waals surface area (Å²) in [7, 11) is 2.12. The van der Waals surface area contributed by atoms with Gasteiger partial charge in [0.2, 0.25) is 0 Å². The van der Waals surface area contributed by atoms with E-state index in [-0.39, 0.29) is 10.5 Å². The fourth-order valence-corrected chi connectivity index (χ4v) is 4.25. The van der Waals surface area contributed by atoms with Crippen molar-refractivity contribution >= 4 is 27.3 Å². The zero-order valence-electron chi connectivity index (χ0n) is 18.2. The summed E-state index contributed by atoms with van der Waals surface area (Å²) in [4.78, 5) is 12.7. The van der Waals surface area contributed by atoms with Gasteiger partial charge in [0.05, 0.1) is 31.9 Å². The molecule has 1 amide bonds. The average Bonchev–Trinajstić information content (AvgIpc) is 2.83. The molecule has 1 N–H and O–H groups in total. The Morgan fingerprint density at radius 2 is 1.53 bits per heavy atom. The standard InChI is InChI=1S/C23H24N2O6S/c1-25(18-9-11-19(29-2)12-10-18)32(27,28)20-7-5-6-16(14-20)23(26)24-17-8-13-21(30-3)22(15-17)31-4/h5-15H,1-4H3,(H,24,26). The SMILES string of the molecule is COc1ccc(N(C)S(=O)(=O)c2cccc(C(=O)Nc3ccc(OC)c(OC)c3)c2)cc1. The summed E-state index contributed by atoms with van der Waals surface area (Å²) in [5.41, 5.74) is 1.14. The fraction of sp³-hybridized carbons (Fsp3) is 0.174. The first kappa shape index (κ1) is 23.0. The van der Waals surface area contributed by atoms with E-state index in [1.807, 2.05) is 0 Å². The van der Waals surface area contributed by atoms with Gasteiger partial charge in [-0.3, -0.25) is 9.10 Å². The molecule has 0 saturated heterocycles. The molecular weight excluding hydrogens is 432 g/mol. The molecule has 0 aliphatic carbocycles. The first-order valence-electron chi connectivity index (χ1n) is 9.56. The Bertz CT molecular complexity index is 1210. The minimum atomic E-state index is -3.88. The van der Waals surface area contributed by atoms with Crippen molar-refractivity contribution in [3.05, 3.63) is 72.3 Å². The highest BCUT2D eigenvalue weighted by Gasteiger charge is 2.22. The molecule has 0 bridgehead atoms. The van der Waals surface area contributed by atoms with E-state index in [0.717, 1.165) is 4.31 Å². The summed E-state index contributed by atoms with van der Waals surface area (Å²) >= 11 is 0. The number of methoxy groups -OCH3 is 3. The maximum atomic E-state index is 13.1. The summed E-state index contributed by atoms with van der Waals surface area (Å²) in [6.45, 7) is 0. The second kappa shape index (κ2) is 9.61. The number of rotatable bonds is 8.